The Balaban J connectivity index is 0.000000243. The second-order valence-corrected chi connectivity index (χ2v) is 8.52. The van der Waals surface area contributed by atoms with Gasteiger partial charge in [-0.1, -0.05) is 18.2 Å². The lowest BCUT2D eigenvalue weighted by molar-refractivity contribution is -0.134. The number of hydrogen-bond donors (Lipinski definition) is 2. The molecule has 1 aliphatic heterocycles. The van der Waals surface area contributed by atoms with Crippen LogP contribution in [-0.2, 0) is 17.8 Å². The van der Waals surface area contributed by atoms with Crippen molar-refractivity contribution in [2.24, 2.45) is 5.92 Å². The number of aromatic amines is 1. The van der Waals surface area contributed by atoms with Crippen molar-refractivity contribution >= 4 is 28.7 Å². The largest absolute Gasteiger partial charge is 0.456 e. The van der Waals surface area contributed by atoms with Crippen molar-refractivity contribution in [1.82, 2.24) is 14.8 Å². The molecule has 0 fully saturated rings. The fourth-order valence-electron chi connectivity index (χ4n) is 4.92. The lowest BCUT2D eigenvalue weighted by atomic mass is 9.79. The zero-order valence-corrected chi connectivity index (χ0v) is 19.4. The van der Waals surface area contributed by atoms with Crippen molar-refractivity contribution in [2.75, 3.05) is 26.7 Å². The fraction of sp³-hybridized carbons (Fsp3) is 0.385. The van der Waals surface area contributed by atoms with Crippen molar-refractivity contribution in [3.05, 3.63) is 65.3 Å². The molecule has 0 spiro atoms. The van der Waals surface area contributed by atoms with E-state index < -0.39 is 0 Å². The van der Waals surface area contributed by atoms with Crippen molar-refractivity contribution in [3.8, 4) is 0 Å². The summed E-state index contributed by atoms with van der Waals surface area (Å²) in [4.78, 5) is 30.5. The van der Waals surface area contributed by atoms with Gasteiger partial charge in [0, 0.05) is 42.8 Å². The number of aliphatic hydroxyl groups is 1. The number of benzene rings is 1. The average Bonchev–Trinajstić information content (AvgIpc) is 3.48. The summed E-state index contributed by atoms with van der Waals surface area (Å²) in [5.41, 5.74) is 5.21. The van der Waals surface area contributed by atoms with Gasteiger partial charge in [-0.15, -0.1) is 0 Å². The maximum Gasteiger partial charge on any atom is 0.230 e. The van der Waals surface area contributed by atoms with Crippen LogP contribution in [-0.4, -0.2) is 64.8 Å². The SMILES string of the molecule is CCN(CC)C(=O)[C@@H]1C=C2c3cccc4[nH]cc(c34)C[C@H]2N(C)C1.O=Cc1ccc(CO)o1. The van der Waals surface area contributed by atoms with Crippen molar-refractivity contribution < 1.29 is 19.1 Å². The average molecular weight is 450 g/mol. The standard InChI is InChI=1S/C20H25N3O.C6H6O3/c1-4-23(5-2)20(24)14-9-16-15-7-6-8-17-19(15)13(11-21-17)10-18(16)22(3)12-14;7-3-5-1-2-6(4-8)9-5/h6-9,11,14,18,21H,4-5,10,12H2,1-3H3;1-3,8H,4H2/t14-,18-;/m1./s1. The van der Waals surface area contributed by atoms with E-state index in [1.165, 1.54) is 33.7 Å². The number of aromatic nitrogens is 1. The van der Waals surface area contributed by atoms with Crippen LogP contribution in [0.5, 0.6) is 0 Å². The number of carbonyl (C=O) groups excluding carboxylic acids is 2. The second kappa shape index (κ2) is 9.77. The number of amides is 1. The first-order valence-corrected chi connectivity index (χ1v) is 11.4. The van der Waals surface area contributed by atoms with E-state index in [4.69, 9.17) is 9.52 Å². The minimum atomic E-state index is -0.159. The second-order valence-electron chi connectivity index (χ2n) is 8.52. The van der Waals surface area contributed by atoms with Crippen LogP contribution in [0.15, 0.2) is 47.0 Å². The van der Waals surface area contributed by atoms with E-state index in [0.29, 0.717) is 18.1 Å². The van der Waals surface area contributed by atoms with Crippen LogP contribution in [0.25, 0.3) is 16.5 Å². The number of fused-ring (bicyclic) bond motifs is 2. The van der Waals surface area contributed by atoms with Gasteiger partial charge in [0.05, 0.1) is 5.92 Å². The number of nitrogens with zero attached hydrogens (tertiary/aromatic N) is 2. The van der Waals surface area contributed by atoms with Gasteiger partial charge in [-0.25, -0.2) is 0 Å². The molecule has 3 heterocycles. The molecule has 7 nitrogen and oxygen atoms in total. The Hall–Kier alpha value is -3.16. The molecule has 174 valence electrons. The highest BCUT2D eigenvalue weighted by molar-refractivity contribution is 5.99. The molecule has 1 amide bonds. The number of aldehydes is 1. The van der Waals surface area contributed by atoms with Crippen LogP contribution in [0.4, 0.5) is 0 Å². The third kappa shape index (κ3) is 4.38. The quantitative estimate of drug-likeness (QED) is 0.582. The van der Waals surface area contributed by atoms with Crippen LogP contribution in [0, 0.1) is 5.92 Å². The summed E-state index contributed by atoms with van der Waals surface area (Å²) in [6.45, 7) is 6.31. The van der Waals surface area contributed by atoms with Gasteiger partial charge in [-0.2, -0.15) is 0 Å². The van der Waals surface area contributed by atoms with Crippen molar-refractivity contribution in [1.29, 1.82) is 0 Å². The molecule has 0 bridgehead atoms. The van der Waals surface area contributed by atoms with E-state index in [9.17, 15) is 9.59 Å². The van der Waals surface area contributed by atoms with E-state index >= 15 is 0 Å². The first-order valence-electron chi connectivity index (χ1n) is 11.4. The van der Waals surface area contributed by atoms with Gasteiger partial charge in [0.25, 0.3) is 0 Å². The molecule has 5 rings (SSSR count). The minimum absolute atomic E-state index is 0.0445. The highest BCUT2D eigenvalue weighted by Crippen LogP contribution is 2.40. The summed E-state index contributed by atoms with van der Waals surface area (Å²) in [5.74, 6) is 0.873. The number of H-pyrrole nitrogens is 1. The molecule has 2 aromatic heterocycles. The molecule has 0 saturated carbocycles. The number of rotatable bonds is 5. The highest BCUT2D eigenvalue weighted by atomic mass is 16.4. The summed E-state index contributed by atoms with van der Waals surface area (Å²) in [5, 5.41) is 9.77. The first kappa shape index (κ1) is 23.0. The number of carbonyl (C=O) groups is 2. The number of furan rings is 1. The van der Waals surface area contributed by atoms with E-state index in [0.717, 1.165) is 26.1 Å². The molecule has 0 radical (unpaired) electrons. The predicted octanol–water partition coefficient (Wildman–Crippen LogP) is 3.49. The summed E-state index contributed by atoms with van der Waals surface area (Å²) in [6.07, 6.45) is 6.01. The Morgan fingerprint density at radius 3 is 2.70 bits per heavy atom. The molecule has 2 N–H and O–H groups in total. The zero-order valence-electron chi connectivity index (χ0n) is 19.4. The molecule has 1 aliphatic carbocycles. The minimum Gasteiger partial charge on any atom is -0.456 e. The molecule has 33 heavy (non-hydrogen) atoms. The summed E-state index contributed by atoms with van der Waals surface area (Å²) < 4.78 is 4.76. The number of likely N-dealkylation sites (N-methyl/N-ethyl adjacent to an activating group) is 1. The fourth-order valence-corrected chi connectivity index (χ4v) is 4.92. The molecule has 2 atom stereocenters. The molecule has 7 heteroatoms. The Bertz CT molecular complexity index is 1170. The van der Waals surface area contributed by atoms with E-state index in [2.05, 4.69) is 61.3 Å². The van der Waals surface area contributed by atoms with E-state index in [1.54, 1.807) is 6.07 Å². The molecule has 2 aliphatic rings. The van der Waals surface area contributed by atoms with Crippen LogP contribution in [0.1, 0.15) is 41.3 Å². The highest BCUT2D eigenvalue weighted by Gasteiger charge is 2.36. The number of aliphatic hydroxyl groups excluding tert-OH is 1. The normalized spacial score (nSPS) is 19.3. The van der Waals surface area contributed by atoms with Gasteiger partial charge in [-0.05, 0) is 62.2 Å². The monoisotopic (exact) mass is 449 g/mol. The van der Waals surface area contributed by atoms with Crippen LogP contribution in [0.2, 0.25) is 0 Å². The Morgan fingerprint density at radius 2 is 2.06 bits per heavy atom. The number of nitrogens with one attached hydrogen (secondary N) is 1. The first-order chi connectivity index (χ1) is 16.0. The third-order valence-electron chi connectivity index (χ3n) is 6.61. The van der Waals surface area contributed by atoms with Gasteiger partial charge in [0.2, 0.25) is 5.91 Å². The number of hydrogen-bond acceptors (Lipinski definition) is 5. The third-order valence-corrected chi connectivity index (χ3v) is 6.61. The van der Waals surface area contributed by atoms with E-state index in [-0.39, 0.29) is 24.2 Å². The van der Waals surface area contributed by atoms with Crippen LogP contribution < -0.4 is 0 Å². The van der Waals surface area contributed by atoms with Gasteiger partial charge in [0.15, 0.2) is 12.0 Å². The molecule has 0 unspecified atom stereocenters. The summed E-state index contributed by atoms with van der Waals surface area (Å²) in [7, 11) is 2.15. The Morgan fingerprint density at radius 1 is 1.27 bits per heavy atom. The van der Waals surface area contributed by atoms with Gasteiger partial charge < -0.3 is 19.4 Å². The van der Waals surface area contributed by atoms with E-state index in [1.807, 2.05) is 4.90 Å². The lowest BCUT2D eigenvalue weighted by Crippen LogP contribution is -2.47. The summed E-state index contributed by atoms with van der Waals surface area (Å²) >= 11 is 0. The van der Waals surface area contributed by atoms with Crippen LogP contribution in [0.3, 0.4) is 0 Å². The van der Waals surface area contributed by atoms with Crippen LogP contribution >= 0.6 is 0 Å². The topological polar surface area (TPSA) is 89.8 Å². The van der Waals surface area contributed by atoms with Crippen molar-refractivity contribution in [2.45, 2.75) is 32.9 Å². The molecular formula is C26H31N3O4. The van der Waals surface area contributed by atoms with Gasteiger partial charge in [-0.3, -0.25) is 14.5 Å². The molecular weight excluding hydrogens is 418 g/mol. The Labute approximate surface area is 193 Å². The predicted molar refractivity (Wildman–Crippen MR) is 128 cm³/mol. The molecule has 0 saturated heterocycles. The van der Waals surface area contributed by atoms with Crippen molar-refractivity contribution in [3.63, 3.8) is 0 Å². The summed E-state index contributed by atoms with van der Waals surface area (Å²) in [6, 6.07) is 9.89. The molecule has 3 aromatic rings. The van der Waals surface area contributed by atoms with Gasteiger partial charge >= 0.3 is 0 Å². The zero-order chi connectivity index (χ0) is 23.5. The molecule has 1 aromatic carbocycles. The maximum absolute atomic E-state index is 12.9. The lowest BCUT2D eigenvalue weighted by Gasteiger charge is -2.40. The maximum atomic E-state index is 12.9. The Kier molecular flexibility index (Phi) is 6.81. The smallest absolute Gasteiger partial charge is 0.230 e. The van der Waals surface area contributed by atoms with Gasteiger partial charge in [0.1, 0.15) is 12.4 Å².